The van der Waals surface area contributed by atoms with Gasteiger partial charge in [-0.15, -0.1) is 11.3 Å². The summed E-state index contributed by atoms with van der Waals surface area (Å²) in [6.45, 7) is 4.15. The normalized spacial score (nSPS) is 12.8. The Bertz CT molecular complexity index is 291. The summed E-state index contributed by atoms with van der Waals surface area (Å²) in [5.74, 6) is -0.338. The molecule has 0 aromatic carbocycles. The topological polar surface area (TPSA) is 37.3 Å². The summed E-state index contributed by atoms with van der Waals surface area (Å²) in [5, 5.41) is 8.52. The number of carboxylic acid groups (broad SMARTS) is 1. The summed E-state index contributed by atoms with van der Waals surface area (Å²) in [7, 11) is 0. The fourth-order valence-corrected chi connectivity index (χ4v) is 2.16. The zero-order chi connectivity index (χ0) is 9.84. The maximum absolute atomic E-state index is 10.3. The SMILES string of the molecule is Cc1ccc(C(C)CCC(=O)O)s1. The Morgan fingerprint density at radius 3 is 2.77 bits per heavy atom. The second kappa shape index (κ2) is 4.42. The van der Waals surface area contributed by atoms with Gasteiger partial charge in [0.25, 0.3) is 0 Å². The Hall–Kier alpha value is -0.830. The van der Waals surface area contributed by atoms with Crippen LogP contribution in [0.5, 0.6) is 0 Å². The molecule has 1 aromatic rings. The number of aliphatic carboxylic acids is 1. The minimum Gasteiger partial charge on any atom is -0.481 e. The van der Waals surface area contributed by atoms with Gasteiger partial charge in [0.2, 0.25) is 0 Å². The van der Waals surface area contributed by atoms with E-state index in [0.717, 1.165) is 6.42 Å². The number of hydrogen-bond acceptors (Lipinski definition) is 2. The van der Waals surface area contributed by atoms with Crippen LogP contribution in [0.1, 0.15) is 35.4 Å². The first-order chi connectivity index (χ1) is 6.09. The number of hydrogen-bond donors (Lipinski definition) is 1. The molecular formula is C10H14O2S. The van der Waals surface area contributed by atoms with Crippen LogP contribution in [-0.4, -0.2) is 11.1 Å². The number of rotatable bonds is 4. The smallest absolute Gasteiger partial charge is 0.303 e. The van der Waals surface area contributed by atoms with Gasteiger partial charge in [0.1, 0.15) is 0 Å². The molecule has 0 radical (unpaired) electrons. The van der Waals surface area contributed by atoms with Crippen molar-refractivity contribution in [3.8, 4) is 0 Å². The summed E-state index contributed by atoms with van der Waals surface area (Å²) >= 11 is 1.75. The third kappa shape index (κ3) is 3.19. The summed E-state index contributed by atoms with van der Waals surface area (Å²) in [5.41, 5.74) is 0. The Morgan fingerprint density at radius 2 is 2.31 bits per heavy atom. The van der Waals surface area contributed by atoms with Crippen LogP contribution >= 0.6 is 11.3 Å². The third-order valence-corrected chi connectivity index (χ3v) is 3.27. The largest absolute Gasteiger partial charge is 0.481 e. The average Bonchev–Trinajstić information content (AvgIpc) is 2.47. The first-order valence-corrected chi connectivity index (χ1v) is 5.19. The summed E-state index contributed by atoms with van der Waals surface area (Å²) in [6, 6.07) is 4.17. The minimum absolute atomic E-state index is 0.262. The van der Waals surface area contributed by atoms with Crippen molar-refractivity contribution in [1.29, 1.82) is 0 Å². The van der Waals surface area contributed by atoms with Crippen LogP contribution in [0.3, 0.4) is 0 Å². The molecule has 1 N–H and O–H groups in total. The van der Waals surface area contributed by atoms with Gasteiger partial charge in [-0.1, -0.05) is 6.92 Å². The second-order valence-corrected chi connectivity index (χ2v) is 4.60. The van der Waals surface area contributed by atoms with E-state index in [0.29, 0.717) is 5.92 Å². The number of thiophene rings is 1. The van der Waals surface area contributed by atoms with Crippen LogP contribution < -0.4 is 0 Å². The van der Waals surface area contributed by atoms with Crippen molar-refractivity contribution in [3.63, 3.8) is 0 Å². The van der Waals surface area contributed by atoms with Gasteiger partial charge >= 0.3 is 5.97 Å². The van der Waals surface area contributed by atoms with Crippen molar-refractivity contribution in [2.45, 2.75) is 32.6 Å². The van der Waals surface area contributed by atoms with Crippen LogP contribution in [0, 0.1) is 6.92 Å². The minimum atomic E-state index is -0.708. The Labute approximate surface area is 82.2 Å². The molecule has 0 aliphatic carbocycles. The molecule has 0 saturated heterocycles. The molecule has 1 rings (SSSR count). The van der Waals surface area contributed by atoms with E-state index < -0.39 is 5.97 Å². The van der Waals surface area contributed by atoms with Crippen molar-refractivity contribution in [1.82, 2.24) is 0 Å². The highest BCUT2D eigenvalue weighted by Gasteiger charge is 2.09. The van der Waals surface area contributed by atoms with Gasteiger partial charge < -0.3 is 5.11 Å². The molecule has 0 bridgehead atoms. The van der Waals surface area contributed by atoms with Gasteiger partial charge in [-0.2, -0.15) is 0 Å². The van der Waals surface area contributed by atoms with Crippen molar-refractivity contribution in [2.75, 3.05) is 0 Å². The second-order valence-electron chi connectivity index (χ2n) is 3.28. The predicted molar refractivity (Wildman–Crippen MR) is 54.3 cm³/mol. The van der Waals surface area contributed by atoms with Crippen LogP contribution in [0.15, 0.2) is 12.1 Å². The Kier molecular flexibility index (Phi) is 3.48. The first kappa shape index (κ1) is 10.3. The zero-order valence-electron chi connectivity index (χ0n) is 7.91. The van der Waals surface area contributed by atoms with Crippen LogP contribution in [0.25, 0.3) is 0 Å². The van der Waals surface area contributed by atoms with Crippen molar-refractivity contribution in [2.24, 2.45) is 0 Å². The molecule has 1 heterocycles. The molecule has 1 atom stereocenters. The lowest BCUT2D eigenvalue weighted by atomic mass is 10.0. The van der Waals surface area contributed by atoms with E-state index in [1.54, 1.807) is 11.3 Å². The quantitative estimate of drug-likeness (QED) is 0.807. The highest BCUT2D eigenvalue weighted by molar-refractivity contribution is 7.12. The van der Waals surface area contributed by atoms with E-state index >= 15 is 0 Å². The lowest BCUT2D eigenvalue weighted by Gasteiger charge is -2.06. The van der Waals surface area contributed by atoms with E-state index in [-0.39, 0.29) is 6.42 Å². The lowest BCUT2D eigenvalue weighted by Crippen LogP contribution is -1.98. The molecule has 3 heteroatoms. The summed E-state index contributed by atoms with van der Waals surface area (Å²) in [4.78, 5) is 12.9. The van der Waals surface area contributed by atoms with E-state index in [2.05, 4.69) is 26.0 Å². The molecule has 1 unspecified atom stereocenters. The molecular weight excluding hydrogens is 184 g/mol. The first-order valence-electron chi connectivity index (χ1n) is 4.37. The van der Waals surface area contributed by atoms with Gasteiger partial charge in [-0.3, -0.25) is 4.79 Å². The van der Waals surface area contributed by atoms with E-state index in [1.807, 2.05) is 0 Å². The Balaban J connectivity index is 2.48. The van der Waals surface area contributed by atoms with Crippen molar-refractivity contribution >= 4 is 17.3 Å². The maximum Gasteiger partial charge on any atom is 0.303 e. The van der Waals surface area contributed by atoms with E-state index in [4.69, 9.17) is 5.11 Å². The maximum atomic E-state index is 10.3. The zero-order valence-corrected chi connectivity index (χ0v) is 8.73. The van der Waals surface area contributed by atoms with Gasteiger partial charge in [-0.05, 0) is 31.4 Å². The molecule has 0 amide bonds. The highest BCUT2D eigenvalue weighted by Crippen LogP contribution is 2.27. The van der Waals surface area contributed by atoms with Gasteiger partial charge in [0.05, 0.1) is 0 Å². The Morgan fingerprint density at radius 1 is 1.62 bits per heavy atom. The number of carboxylic acids is 1. The van der Waals surface area contributed by atoms with E-state index in [1.165, 1.54) is 9.75 Å². The molecule has 1 aromatic heterocycles. The standard InChI is InChI=1S/C10H14O2S/c1-7(3-6-10(11)12)9-5-4-8(2)13-9/h4-5,7H,3,6H2,1-2H3,(H,11,12). The molecule has 0 spiro atoms. The van der Waals surface area contributed by atoms with Crippen LogP contribution in [0.2, 0.25) is 0 Å². The monoisotopic (exact) mass is 198 g/mol. The lowest BCUT2D eigenvalue weighted by molar-refractivity contribution is -0.137. The molecule has 13 heavy (non-hydrogen) atoms. The number of aryl methyl sites for hydroxylation is 1. The van der Waals surface area contributed by atoms with Crippen LogP contribution in [-0.2, 0) is 4.79 Å². The average molecular weight is 198 g/mol. The molecule has 0 aliphatic heterocycles. The van der Waals surface area contributed by atoms with Crippen LogP contribution in [0.4, 0.5) is 0 Å². The molecule has 72 valence electrons. The third-order valence-electron chi connectivity index (χ3n) is 2.04. The fraction of sp³-hybridized carbons (Fsp3) is 0.500. The molecule has 2 nitrogen and oxygen atoms in total. The predicted octanol–water partition coefficient (Wildman–Crippen LogP) is 3.02. The molecule has 0 fully saturated rings. The van der Waals surface area contributed by atoms with Gasteiger partial charge in [-0.25, -0.2) is 0 Å². The summed E-state index contributed by atoms with van der Waals surface area (Å²) in [6.07, 6.45) is 0.993. The van der Waals surface area contributed by atoms with Gasteiger partial charge in [0.15, 0.2) is 0 Å². The molecule has 0 aliphatic rings. The van der Waals surface area contributed by atoms with E-state index in [9.17, 15) is 4.79 Å². The molecule has 0 saturated carbocycles. The fourth-order valence-electron chi connectivity index (χ4n) is 1.20. The number of carbonyl (C=O) groups is 1. The van der Waals surface area contributed by atoms with Gasteiger partial charge in [0, 0.05) is 16.2 Å². The van der Waals surface area contributed by atoms with Crippen molar-refractivity contribution in [3.05, 3.63) is 21.9 Å². The van der Waals surface area contributed by atoms with Crippen molar-refractivity contribution < 1.29 is 9.90 Å². The summed E-state index contributed by atoms with van der Waals surface area (Å²) < 4.78 is 0. The highest BCUT2D eigenvalue weighted by atomic mass is 32.1.